The van der Waals surface area contributed by atoms with E-state index in [0.717, 1.165) is 33.5 Å². The van der Waals surface area contributed by atoms with Crippen LogP contribution in [0.25, 0.3) is 11.1 Å². The van der Waals surface area contributed by atoms with E-state index in [0.29, 0.717) is 24.1 Å². The van der Waals surface area contributed by atoms with Crippen LogP contribution in [0, 0.1) is 13.8 Å². The summed E-state index contributed by atoms with van der Waals surface area (Å²) in [4.78, 5) is 36.7. The van der Waals surface area contributed by atoms with Crippen LogP contribution >= 0.6 is 0 Å². The number of carbonyl (C=O) groups is 3. The minimum absolute atomic E-state index is 0.287. The van der Waals surface area contributed by atoms with E-state index in [1.54, 1.807) is 6.07 Å². The van der Waals surface area contributed by atoms with E-state index in [4.69, 9.17) is 4.74 Å². The monoisotopic (exact) mass is 472 g/mol. The van der Waals surface area contributed by atoms with Crippen LogP contribution in [0.3, 0.4) is 0 Å². The number of carbonyl (C=O) groups excluding carboxylic acids is 2. The van der Waals surface area contributed by atoms with Crippen molar-refractivity contribution in [1.29, 1.82) is 0 Å². The van der Waals surface area contributed by atoms with Gasteiger partial charge < -0.3 is 20.5 Å². The van der Waals surface area contributed by atoms with Gasteiger partial charge in [-0.1, -0.05) is 36.4 Å². The molecule has 1 unspecified atom stereocenters. The van der Waals surface area contributed by atoms with Gasteiger partial charge in [0.05, 0.1) is 6.42 Å². The number of carboxylic acid groups (broad SMARTS) is 1. The molecule has 2 amide bonds. The Balaban J connectivity index is 1.47. The average molecular weight is 473 g/mol. The first kappa shape index (κ1) is 24.2. The maximum Gasteiger partial charge on any atom is 0.323 e. The number of ether oxygens (including phenoxy) is 1. The number of hydrogen-bond acceptors (Lipinski definition) is 4. The molecule has 7 heteroatoms. The molecule has 0 fully saturated rings. The molecule has 3 aromatic carbocycles. The molecule has 1 aliphatic rings. The van der Waals surface area contributed by atoms with Gasteiger partial charge in [0.1, 0.15) is 5.60 Å². The molecule has 0 aliphatic heterocycles. The molecule has 0 aromatic heterocycles. The number of rotatable bonds is 6. The summed E-state index contributed by atoms with van der Waals surface area (Å²) in [6.45, 7) is 3.96. The highest BCUT2D eigenvalue weighted by Gasteiger charge is 2.44. The van der Waals surface area contributed by atoms with Gasteiger partial charge in [0.15, 0.2) is 5.78 Å². The molecule has 1 atom stereocenters. The number of aryl methyl sites for hydroxylation is 3. The minimum atomic E-state index is -1.31. The van der Waals surface area contributed by atoms with E-state index < -0.39 is 11.6 Å². The van der Waals surface area contributed by atoms with Gasteiger partial charge in [-0.05, 0) is 78.8 Å². The van der Waals surface area contributed by atoms with Gasteiger partial charge in [0, 0.05) is 24.0 Å². The van der Waals surface area contributed by atoms with E-state index in [2.05, 4.69) is 10.6 Å². The zero-order chi connectivity index (χ0) is 25.2. The van der Waals surface area contributed by atoms with Crippen molar-refractivity contribution in [2.24, 2.45) is 0 Å². The lowest BCUT2D eigenvalue weighted by Crippen LogP contribution is -2.46. The molecule has 0 spiro atoms. The fourth-order valence-corrected chi connectivity index (χ4v) is 4.66. The van der Waals surface area contributed by atoms with Crippen molar-refractivity contribution in [2.45, 2.75) is 38.7 Å². The lowest BCUT2D eigenvalue weighted by Gasteiger charge is -2.34. The highest BCUT2D eigenvalue weighted by atomic mass is 16.5. The van der Waals surface area contributed by atoms with Crippen LogP contribution in [0.4, 0.5) is 16.2 Å². The zero-order valence-corrected chi connectivity index (χ0v) is 20.0. The van der Waals surface area contributed by atoms with Crippen LogP contribution in [0.1, 0.15) is 39.9 Å². The Hall–Kier alpha value is -3.97. The van der Waals surface area contributed by atoms with Crippen LogP contribution in [-0.2, 0) is 16.0 Å². The molecular formula is C28H28N2O5. The van der Waals surface area contributed by atoms with Crippen LogP contribution < -0.4 is 10.6 Å². The van der Waals surface area contributed by atoms with Gasteiger partial charge >= 0.3 is 12.0 Å². The van der Waals surface area contributed by atoms with E-state index in [-0.39, 0.29) is 18.2 Å². The van der Waals surface area contributed by atoms with Crippen molar-refractivity contribution < 1.29 is 24.2 Å². The van der Waals surface area contributed by atoms with Crippen molar-refractivity contribution in [2.75, 3.05) is 17.7 Å². The number of hydrogen-bond donors (Lipinski definition) is 3. The van der Waals surface area contributed by atoms with E-state index in [1.165, 1.54) is 7.11 Å². The van der Waals surface area contributed by atoms with Gasteiger partial charge in [0.2, 0.25) is 0 Å². The number of ketones is 1. The summed E-state index contributed by atoms with van der Waals surface area (Å²) in [6, 6.07) is 18.6. The fraction of sp³-hybridized carbons (Fsp3) is 0.250. The second-order valence-electron chi connectivity index (χ2n) is 9.00. The average Bonchev–Trinajstić information content (AvgIpc) is 2.80. The Morgan fingerprint density at radius 2 is 1.54 bits per heavy atom. The van der Waals surface area contributed by atoms with Gasteiger partial charge in [-0.3, -0.25) is 9.59 Å². The van der Waals surface area contributed by atoms with Crippen molar-refractivity contribution in [1.82, 2.24) is 0 Å². The van der Waals surface area contributed by atoms with Crippen molar-refractivity contribution in [3.05, 3.63) is 82.9 Å². The predicted molar refractivity (Wildman–Crippen MR) is 135 cm³/mol. The third kappa shape index (κ3) is 5.25. The zero-order valence-electron chi connectivity index (χ0n) is 20.0. The molecule has 4 rings (SSSR count). The van der Waals surface area contributed by atoms with Crippen LogP contribution in [0.5, 0.6) is 0 Å². The van der Waals surface area contributed by atoms with Crippen LogP contribution in [0.15, 0.2) is 60.7 Å². The summed E-state index contributed by atoms with van der Waals surface area (Å²) in [6.07, 6.45) is 0.521. The molecule has 0 bridgehead atoms. The van der Waals surface area contributed by atoms with Gasteiger partial charge in [-0.15, -0.1) is 0 Å². The van der Waals surface area contributed by atoms with Gasteiger partial charge in [0.25, 0.3) is 0 Å². The number of methoxy groups -OCH3 is 1. The Bertz CT molecular complexity index is 1280. The molecule has 0 saturated heterocycles. The number of Topliss-reactive ketones (excluding diaryl/α,β-unsaturated/α-hetero) is 1. The molecule has 35 heavy (non-hydrogen) atoms. The molecule has 0 heterocycles. The number of carboxylic acids is 1. The number of aliphatic carboxylic acids is 1. The molecule has 0 saturated carbocycles. The normalized spacial score (nSPS) is 16.9. The molecule has 3 N–H and O–H groups in total. The van der Waals surface area contributed by atoms with Gasteiger partial charge in [-0.25, -0.2) is 4.79 Å². The summed E-state index contributed by atoms with van der Waals surface area (Å²) in [5.41, 5.74) is 5.48. The number of anilines is 2. The standard InChI is InChI=1S/C28H28N2O5/c1-17-12-18(2)14-23(13-17)30-27(34)29-22-7-4-19(5-8-22)20-6-9-24-21(15-20)10-11-28(35-3,26(24)33)16-25(31)32/h4-9,12-15H,10-11,16H2,1-3H3,(H,31,32)(H2,29,30,34). The molecular weight excluding hydrogens is 444 g/mol. The second-order valence-corrected chi connectivity index (χ2v) is 9.00. The Kier molecular flexibility index (Phi) is 6.71. The number of nitrogens with one attached hydrogen (secondary N) is 2. The summed E-state index contributed by atoms with van der Waals surface area (Å²) >= 11 is 0. The van der Waals surface area contributed by atoms with E-state index >= 15 is 0 Å². The third-order valence-corrected chi connectivity index (χ3v) is 6.35. The molecule has 7 nitrogen and oxygen atoms in total. The fourth-order valence-electron chi connectivity index (χ4n) is 4.66. The first-order chi connectivity index (χ1) is 16.7. The molecule has 3 aromatic rings. The largest absolute Gasteiger partial charge is 0.481 e. The second kappa shape index (κ2) is 9.72. The smallest absolute Gasteiger partial charge is 0.323 e. The Morgan fingerprint density at radius 3 is 2.17 bits per heavy atom. The summed E-state index contributed by atoms with van der Waals surface area (Å²) in [5.74, 6) is -1.35. The van der Waals surface area contributed by atoms with E-state index in [9.17, 15) is 19.5 Å². The first-order valence-electron chi connectivity index (χ1n) is 11.4. The van der Waals surface area contributed by atoms with Crippen molar-refractivity contribution in [3.8, 4) is 11.1 Å². The van der Waals surface area contributed by atoms with Crippen molar-refractivity contribution >= 4 is 29.2 Å². The summed E-state index contributed by atoms with van der Waals surface area (Å²) < 4.78 is 5.40. The predicted octanol–water partition coefficient (Wildman–Crippen LogP) is 5.60. The minimum Gasteiger partial charge on any atom is -0.481 e. The number of amides is 2. The van der Waals surface area contributed by atoms with Gasteiger partial charge in [-0.2, -0.15) is 0 Å². The Morgan fingerprint density at radius 1 is 0.914 bits per heavy atom. The maximum absolute atomic E-state index is 13.0. The van der Waals surface area contributed by atoms with E-state index in [1.807, 2.05) is 68.4 Å². The lowest BCUT2D eigenvalue weighted by molar-refractivity contribution is -0.142. The SMILES string of the molecule is COC1(CC(=O)O)CCc2cc(-c3ccc(NC(=O)Nc4cc(C)cc(C)c4)cc3)ccc2C1=O. The van der Waals surface area contributed by atoms with Crippen LogP contribution in [-0.4, -0.2) is 35.6 Å². The molecule has 0 radical (unpaired) electrons. The summed E-state index contributed by atoms with van der Waals surface area (Å²) in [5, 5.41) is 14.9. The first-order valence-corrected chi connectivity index (χ1v) is 11.4. The van der Waals surface area contributed by atoms with Crippen molar-refractivity contribution in [3.63, 3.8) is 0 Å². The molecule has 180 valence electrons. The quantitative estimate of drug-likeness (QED) is 0.433. The third-order valence-electron chi connectivity index (χ3n) is 6.35. The lowest BCUT2D eigenvalue weighted by atomic mass is 9.76. The highest BCUT2D eigenvalue weighted by molar-refractivity contribution is 6.06. The summed E-state index contributed by atoms with van der Waals surface area (Å²) in [7, 11) is 1.39. The highest BCUT2D eigenvalue weighted by Crippen LogP contribution is 2.36. The maximum atomic E-state index is 13.0. The Labute approximate surface area is 204 Å². The molecule has 1 aliphatic carbocycles. The number of fused-ring (bicyclic) bond motifs is 1. The topological polar surface area (TPSA) is 105 Å². The number of benzene rings is 3. The van der Waals surface area contributed by atoms with Crippen LogP contribution in [0.2, 0.25) is 0 Å². The number of urea groups is 1.